The van der Waals surface area contributed by atoms with Crippen molar-refractivity contribution in [2.45, 2.75) is 234 Å². The first-order chi connectivity index (χ1) is 36.0. The number of carboxylic acid groups (broad SMARTS) is 1. The molecule has 0 unspecified atom stereocenters. The van der Waals surface area contributed by atoms with Crippen LogP contribution in [-0.4, -0.2) is 233 Å². The first-order valence-corrected chi connectivity index (χ1v) is 27.4. The number of aliphatic carboxylic acids is 1. The molecular formula is C53H82O24. The highest BCUT2D eigenvalue weighted by Gasteiger charge is 2.79. The molecule has 0 aromatic carbocycles. The predicted molar refractivity (Wildman–Crippen MR) is 257 cm³/mol. The van der Waals surface area contributed by atoms with Gasteiger partial charge in [-0.15, -0.1) is 0 Å². The molecule has 0 aromatic heterocycles. The lowest BCUT2D eigenvalue weighted by Gasteiger charge is -2.75. The number of carbonyl (C=O) groups is 2. The monoisotopic (exact) mass is 1100 g/mol. The summed E-state index contributed by atoms with van der Waals surface area (Å²) in [4.78, 5) is 28.1. The van der Waals surface area contributed by atoms with Crippen molar-refractivity contribution in [2.75, 3.05) is 19.8 Å². The summed E-state index contributed by atoms with van der Waals surface area (Å²) in [5.74, 6) is -2.65. The maximum Gasteiger partial charge on any atom is 0.335 e. The van der Waals surface area contributed by atoms with Gasteiger partial charge >= 0.3 is 11.9 Å². The molecule has 6 heterocycles. The minimum Gasteiger partial charge on any atom is -0.479 e. The third kappa shape index (κ3) is 8.75. The molecule has 29 atom stereocenters. The van der Waals surface area contributed by atoms with Crippen LogP contribution in [-0.2, 0) is 52.2 Å². The summed E-state index contributed by atoms with van der Waals surface area (Å²) in [5.41, 5.74) is -3.20. The standard InChI is InChI=1S/C53H82O24/c1-20-14-52-22(15-48(2,3)16-29(52)73-44-36(63)33(60)31(58)24(17-54)70-44)21-8-9-27-50(6)12-11-28(49(4,5)26(50)10-13-51(27,7)53(20,21)77-47(52)68)72-46-41(76-45-37(64)34(61)32(59)25(18-55)71-45)39(38(65)40(75-46)42(66)67)74-43-35(62)30(57)23(56)19-69-43/h8,20,22-41,43-46,54-65H,9-19H2,1-7H3,(H,66,67)/t20-,22-,23+,24+,25+,26-,27+,28-,29-,30-,31+,32+,33-,34-,35+,36+,37+,38-,39-,40-,41+,43-,44-,45-,46+,50-,51+,52-,53+/m0/s1. The normalized spacial score (nSPS) is 54.9. The fourth-order valence-corrected chi connectivity index (χ4v) is 17.1. The summed E-state index contributed by atoms with van der Waals surface area (Å²) < 4.78 is 56.0. The van der Waals surface area contributed by atoms with Gasteiger partial charge in [-0.25, -0.2) is 4.79 Å². The highest BCUT2D eigenvalue weighted by Crippen LogP contribution is 2.77. The van der Waals surface area contributed by atoms with Gasteiger partial charge in [0.25, 0.3) is 0 Å². The second kappa shape index (κ2) is 20.3. The number of hydrogen-bond acceptors (Lipinski definition) is 23. The second-order valence-corrected chi connectivity index (χ2v) is 26.1. The molecular weight excluding hydrogens is 1020 g/mol. The van der Waals surface area contributed by atoms with Gasteiger partial charge in [-0.2, -0.15) is 0 Å². The fourth-order valence-electron chi connectivity index (χ4n) is 17.1. The van der Waals surface area contributed by atoms with Crippen molar-refractivity contribution in [1.82, 2.24) is 0 Å². The Bertz CT molecular complexity index is 2230. The number of aliphatic hydroxyl groups excluding tert-OH is 12. The lowest BCUT2D eigenvalue weighted by molar-refractivity contribution is -0.392. The minimum atomic E-state index is -2.11. The summed E-state index contributed by atoms with van der Waals surface area (Å²) in [7, 11) is 0. The number of ether oxygens (including phenoxy) is 9. The zero-order valence-corrected chi connectivity index (χ0v) is 44.6. The van der Waals surface area contributed by atoms with E-state index in [-0.39, 0.29) is 29.1 Å². The van der Waals surface area contributed by atoms with Gasteiger partial charge < -0.3 is 109 Å². The largest absolute Gasteiger partial charge is 0.479 e. The molecule has 13 N–H and O–H groups in total. The maximum atomic E-state index is 15.2. The van der Waals surface area contributed by atoms with Gasteiger partial charge in [0.1, 0.15) is 96.5 Å². The molecule has 24 nitrogen and oxygen atoms in total. The zero-order chi connectivity index (χ0) is 56.0. The Labute approximate surface area is 446 Å². The molecule has 2 bridgehead atoms. The Morgan fingerprint density at radius 2 is 1.22 bits per heavy atom. The zero-order valence-electron chi connectivity index (χ0n) is 44.6. The summed E-state index contributed by atoms with van der Waals surface area (Å²) in [6.07, 6.45) is -28.0. The number of aliphatic hydroxyl groups is 12. The van der Waals surface area contributed by atoms with Crippen molar-refractivity contribution in [1.29, 1.82) is 0 Å². The molecule has 4 saturated carbocycles. The topological polar surface area (TPSA) is 380 Å². The predicted octanol–water partition coefficient (Wildman–Crippen LogP) is -2.32. The maximum absolute atomic E-state index is 15.2. The van der Waals surface area contributed by atoms with Gasteiger partial charge in [0.2, 0.25) is 0 Å². The summed E-state index contributed by atoms with van der Waals surface area (Å²) in [6.45, 7) is 13.0. The molecule has 77 heavy (non-hydrogen) atoms. The molecule has 0 amide bonds. The Morgan fingerprint density at radius 3 is 1.83 bits per heavy atom. The number of fused-ring (bicyclic) bond motifs is 5. The van der Waals surface area contributed by atoms with Crippen molar-refractivity contribution in [3.05, 3.63) is 11.6 Å². The van der Waals surface area contributed by atoms with Crippen LogP contribution in [0.15, 0.2) is 11.6 Å². The average molecular weight is 1100 g/mol. The van der Waals surface area contributed by atoms with Crippen LogP contribution in [0.3, 0.4) is 0 Å². The first kappa shape index (κ1) is 58.1. The second-order valence-electron chi connectivity index (χ2n) is 26.1. The van der Waals surface area contributed by atoms with Gasteiger partial charge in [-0.1, -0.05) is 54.5 Å². The van der Waals surface area contributed by atoms with E-state index >= 15 is 4.79 Å². The number of carbonyl (C=O) groups excluding carboxylic acids is 1. The Balaban J connectivity index is 0.949. The number of hydrogen-bond donors (Lipinski definition) is 13. The molecule has 11 rings (SSSR count). The summed E-state index contributed by atoms with van der Waals surface area (Å²) in [5, 5.41) is 139. The van der Waals surface area contributed by atoms with Crippen molar-refractivity contribution in [3.63, 3.8) is 0 Å². The number of esters is 1. The molecule has 24 heteroatoms. The first-order valence-electron chi connectivity index (χ1n) is 27.4. The number of carboxylic acids is 1. The number of rotatable bonds is 11. The Morgan fingerprint density at radius 1 is 0.636 bits per heavy atom. The SMILES string of the molecule is C[C@H]1C[C@]23C(=O)O[C@@]14C(=CC[C@@H]1[C@@]5(C)CC[C@H](O[C@@H]6O[C@H](C(=O)O)[C@@H](O)[C@H](O[C@@H]7OC[C@@H](O)[C@H](O)[C@H]7O)[C@H]6O[C@@H]6O[C@H](CO)[C@@H](O)[C@H](O)[C@H]6O)C(C)(C)[C@@H]5CC[C@]14C)[C@@H]2CC(C)(C)C[C@@H]3O[C@@H]1O[C@H](CO)[C@@H](O)[C@H](O)[C@H]1O. The Kier molecular flexibility index (Phi) is 15.3. The van der Waals surface area contributed by atoms with Crippen LogP contribution in [0.1, 0.15) is 99.8 Å². The fraction of sp³-hybridized carbons (Fsp3) is 0.925. The lowest BCUT2D eigenvalue weighted by atomic mass is 9.33. The van der Waals surface area contributed by atoms with Crippen LogP contribution in [0.25, 0.3) is 0 Å². The van der Waals surface area contributed by atoms with Crippen LogP contribution < -0.4 is 0 Å². The van der Waals surface area contributed by atoms with E-state index in [0.717, 1.165) is 5.57 Å². The highest BCUT2D eigenvalue weighted by molar-refractivity contribution is 5.83. The average Bonchev–Trinajstić information content (AvgIpc) is 3.36. The van der Waals surface area contributed by atoms with Crippen LogP contribution in [0.4, 0.5) is 0 Å². The van der Waals surface area contributed by atoms with Crippen molar-refractivity contribution in [2.24, 2.45) is 50.7 Å². The number of allylic oxidation sites excluding steroid dienone is 1. The molecule has 11 aliphatic rings. The van der Waals surface area contributed by atoms with E-state index in [2.05, 4.69) is 54.5 Å². The van der Waals surface area contributed by atoms with E-state index in [4.69, 9.17) is 42.6 Å². The van der Waals surface area contributed by atoms with Gasteiger partial charge in [0, 0.05) is 17.3 Å². The van der Waals surface area contributed by atoms with Crippen molar-refractivity contribution < 1.29 is 119 Å². The lowest BCUT2D eigenvalue weighted by Crippen LogP contribution is -2.78. The van der Waals surface area contributed by atoms with Crippen LogP contribution in [0.5, 0.6) is 0 Å². The molecule has 0 radical (unpaired) electrons. The third-order valence-corrected chi connectivity index (χ3v) is 21.0. The van der Waals surface area contributed by atoms with Crippen LogP contribution >= 0.6 is 0 Å². The van der Waals surface area contributed by atoms with E-state index in [1.165, 1.54) is 0 Å². The van der Waals surface area contributed by atoms with Crippen molar-refractivity contribution >= 4 is 11.9 Å². The van der Waals surface area contributed by atoms with Crippen LogP contribution in [0, 0.1) is 50.7 Å². The quantitative estimate of drug-likeness (QED) is 0.0587. The highest BCUT2D eigenvalue weighted by atomic mass is 16.8. The van der Waals surface area contributed by atoms with Gasteiger partial charge in [0.15, 0.2) is 31.3 Å². The van der Waals surface area contributed by atoms with Crippen LogP contribution in [0.2, 0.25) is 0 Å². The molecule has 438 valence electrons. The van der Waals surface area contributed by atoms with E-state index in [1.807, 2.05) is 0 Å². The van der Waals surface area contributed by atoms with Gasteiger partial charge in [-0.3, -0.25) is 4.79 Å². The summed E-state index contributed by atoms with van der Waals surface area (Å²) >= 11 is 0. The molecule has 6 saturated heterocycles. The molecule has 6 aliphatic heterocycles. The van der Waals surface area contributed by atoms with Crippen molar-refractivity contribution in [3.8, 4) is 0 Å². The van der Waals surface area contributed by atoms with E-state index in [9.17, 15) is 71.2 Å². The van der Waals surface area contributed by atoms with Gasteiger partial charge in [-0.05, 0) is 85.0 Å². The smallest absolute Gasteiger partial charge is 0.335 e. The molecule has 2 spiro atoms. The van der Waals surface area contributed by atoms with Gasteiger partial charge in [0.05, 0.1) is 32.0 Å². The van der Waals surface area contributed by atoms with E-state index in [0.29, 0.717) is 51.4 Å². The third-order valence-electron chi connectivity index (χ3n) is 21.0. The molecule has 10 fully saturated rings. The summed E-state index contributed by atoms with van der Waals surface area (Å²) in [6, 6.07) is 0. The van der Waals surface area contributed by atoms with E-state index < -0.39 is 188 Å². The molecule has 0 aromatic rings. The van der Waals surface area contributed by atoms with E-state index in [1.54, 1.807) is 0 Å². The Hall–Kier alpha value is -2.12. The minimum absolute atomic E-state index is 0.0374. The molecule has 5 aliphatic carbocycles.